The summed E-state index contributed by atoms with van der Waals surface area (Å²) in [6.45, 7) is 16.2. The van der Waals surface area contributed by atoms with Crippen molar-refractivity contribution < 1.29 is 23.1 Å². The lowest BCUT2D eigenvalue weighted by Crippen LogP contribution is -2.54. The minimum Gasteiger partial charge on any atom is -0.507 e. The molecule has 9 rings (SSSR count). The number of nitrogens with zero attached hydrogens (tertiary/aromatic N) is 11. The largest absolute Gasteiger partial charge is 0.507 e. The molecule has 0 spiro atoms. The fourth-order valence-corrected chi connectivity index (χ4v) is 7.99. The Kier molecular flexibility index (Phi) is 11.2. The number of aromatic hydroxyl groups is 1. The molecule has 6 aromatic heterocycles. The molecule has 1 aliphatic heterocycles. The highest BCUT2D eigenvalue weighted by Crippen LogP contribution is 2.37. The maximum absolute atomic E-state index is 15.8. The molecule has 19 heteroatoms. The second kappa shape index (κ2) is 16.8. The number of pyridine rings is 2. The van der Waals surface area contributed by atoms with E-state index in [1.165, 1.54) is 29.1 Å². The van der Waals surface area contributed by atoms with Crippen LogP contribution in [0.1, 0.15) is 57.8 Å². The lowest BCUT2D eigenvalue weighted by atomic mass is 10.0. The number of nitrogens with two attached hydrogens (primary N) is 2. The van der Waals surface area contributed by atoms with E-state index in [-0.39, 0.29) is 46.8 Å². The van der Waals surface area contributed by atoms with Crippen LogP contribution in [0.15, 0.2) is 82.9 Å². The monoisotopic (exact) mass is 869 g/mol. The van der Waals surface area contributed by atoms with Gasteiger partial charge in [-0.3, -0.25) is 9.78 Å². The van der Waals surface area contributed by atoms with E-state index in [1.807, 2.05) is 69.3 Å². The number of aromatic nitrogens is 9. The Labute approximate surface area is 364 Å². The van der Waals surface area contributed by atoms with Gasteiger partial charge in [0.1, 0.15) is 46.4 Å². The Balaban J connectivity index is 0.000000204. The fourth-order valence-electron chi connectivity index (χ4n) is 7.99. The molecule has 0 bridgehead atoms. The lowest BCUT2D eigenvalue weighted by molar-refractivity contribution is -0.126. The Morgan fingerprint density at radius 3 is 2.45 bits per heavy atom. The van der Waals surface area contributed by atoms with Crippen LogP contribution in [0, 0.1) is 18.6 Å². The molecule has 17 nitrogen and oxygen atoms in total. The van der Waals surface area contributed by atoms with Crippen molar-refractivity contribution in [2.45, 2.75) is 59.5 Å². The number of carbonyl (C=O) groups is 1. The molecule has 5 N–H and O–H groups in total. The summed E-state index contributed by atoms with van der Waals surface area (Å²) in [6.07, 6.45) is 4.34. The van der Waals surface area contributed by atoms with Crippen LogP contribution in [0.3, 0.4) is 0 Å². The predicted molar refractivity (Wildman–Crippen MR) is 240 cm³/mol. The topological polar surface area (TPSA) is 226 Å². The van der Waals surface area contributed by atoms with Crippen molar-refractivity contribution in [3.05, 3.63) is 107 Å². The zero-order valence-corrected chi connectivity index (χ0v) is 35.9. The van der Waals surface area contributed by atoms with Crippen LogP contribution in [-0.2, 0) is 4.79 Å². The lowest BCUT2D eigenvalue weighted by Gasteiger charge is -2.40. The van der Waals surface area contributed by atoms with Crippen LogP contribution in [0.25, 0.3) is 61.4 Å². The highest BCUT2D eigenvalue weighted by molar-refractivity contribution is 5.99. The van der Waals surface area contributed by atoms with E-state index in [0.717, 1.165) is 28.8 Å². The van der Waals surface area contributed by atoms with Gasteiger partial charge in [-0.25, -0.2) is 37.8 Å². The number of amides is 1. The summed E-state index contributed by atoms with van der Waals surface area (Å²) < 4.78 is 39.1. The number of oxazole rings is 1. The Morgan fingerprint density at radius 1 is 0.969 bits per heavy atom. The van der Waals surface area contributed by atoms with Gasteiger partial charge in [-0.1, -0.05) is 26.5 Å². The molecule has 64 heavy (non-hydrogen) atoms. The molecular formula is C45H45F2N13O4. The number of phenolic OH excluding ortho intramolecular Hbond substituents is 1. The number of nitrogen functional groups attached to an aromatic ring is 2. The first kappa shape index (κ1) is 42.8. The van der Waals surface area contributed by atoms with Crippen LogP contribution in [0.4, 0.5) is 26.4 Å². The second-order valence-corrected chi connectivity index (χ2v) is 16.0. The third kappa shape index (κ3) is 7.58. The first-order valence-electron chi connectivity index (χ1n) is 20.5. The van der Waals surface area contributed by atoms with E-state index < -0.39 is 34.3 Å². The van der Waals surface area contributed by atoms with Gasteiger partial charge in [-0.2, -0.15) is 15.1 Å². The van der Waals surface area contributed by atoms with Crippen LogP contribution < -0.4 is 22.1 Å². The molecule has 1 saturated heterocycles. The van der Waals surface area contributed by atoms with Crippen LogP contribution >= 0.6 is 0 Å². The average Bonchev–Trinajstić information content (AvgIpc) is 3.84. The summed E-state index contributed by atoms with van der Waals surface area (Å²) >= 11 is 0. The highest BCUT2D eigenvalue weighted by Gasteiger charge is 2.31. The molecule has 8 aromatic rings. The smallest absolute Gasteiger partial charge is 0.355 e. The Hall–Kier alpha value is -7.83. The molecule has 1 unspecified atom stereocenters. The zero-order chi connectivity index (χ0) is 45.7. The van der Waals surface area contributed by atoms with Gasteiger partial charge in [0, 0.05) is 43.5 Å². The van der Waals surface area contributed by atoms with Gasteiger partial charge in [-0.15, -0.1) is 0 Å². The summed E-state index contributed by atoms with van der Waals surface area (Å²) in [5.74, 6) is -1.95. The molecule has 0 radical (unpaired) electrons. The number of aryl methyl sites for hydroxylation is 1. The van der Waals surface area contributed by atoms with Gasteiger partial charge in [0.05, 0.1) is 27.7 Å². The van der Waals surface area contributed by atoms with Gasteiger partial charge in [0.25, 0.3) is 6.01 Å². The van der Waals surface area contributed by atoms with Crippen LogP contribution in [0.5, 0.6) is 5.75 Å². The number of hydrogen-bond acceptors (Lipinski definition) is 14. The fraction of sp³-hybridized carbons (Fsp3) is 0.267. The van der Waals surface area contributed by atoms with E-state index in [0.29, 0.717) is 59.1 Å². The minimum absolute atomic E-state index is 0.0360. The molecule has 328 valence electrons. The third-order valence-corrected chi connectivity index (χ3v) is 11.0. The Bertz CT molecular complexity index is 3180. The normalized spacial score (nSPS) is 14.2. The molecule has 0 aliphatic carbocycles. The number of piperazine rings is 1. The first-order chi connectivity index (χ1) is 30.6. The SMILES string of the molecule is C=CC(=O)N1CCN(c2nc(=O)n(-c3c(C)ccnc3C(C)C)c3nc(-c4c(O)cccc4F)c(F)cc23)C(C)C1.CC(C)n1nc(-c2ccc3oc(N)nc3c2)c2c(N)ncnc21. The van der Waals surface area contributed by atoms with Crippen molar-refractivity contribution >= 4 is 56.7 Å². The first-order valence-corrected chi connectivity index (χ1v) is 20.5. The molecule has 1 aliphatic rings. The van der Waals surface area contributed by atoms with E-state index in [2.05, 4.69) is 41.6 Å². The van der Waals surface area contributed by atoms with Crippen molar-refractivity contribution in [3.8, 4) is 34.0 Å². The number of anilines is 3. The zero-order valence-electron chi connectivity index (χ0n) is 35.9. The number of halogens is 2. The van der Waals surface area contributed by atoms with E-state index in [1.54, 1.807) is 17.2 Å². The third-order valence-electron chi connectivity index (χ3n) is 11.0. The minimum atomic E-state index is -0.897. The summed E-state index contributed by atoms with van der Waals surface area (Å²) in [5, 5.41) is 16.1. The molecular weight excluding hydrogens is 825 g/mol. The molecule has 2 aromatic carbocycles. The standard InChI is InChI=1S/C30H30F2N6O3.C15H15N7O/c1-6-23(40)36-12-13-37(18(5)15-36)28-19-14-21(32)26(24-20(31)8-7-9-22(24)39)34-29(19)38(30(41)35-28)27-17(4)10-11-33-25(27)16(2)3;1-7(2)22-14-11(13(16)18-6-19-14)12(21-22)8-3-4-10-9(5-8)20-15(17)23-10/h6-11,14,16,18,39H,1,12-13,15H2,2-5H3;3-7H,1-2H3,(H2,17,20)(H2,16,18,19). The van der Waals surface area contributed by atoms with Gasteiger partial charge in [0.2, 0.25) is 5.91 Å². The van der Waals surface area contributed by atoms with Gasteiger partial charge in [0.15, 0.2) is 22.7 Å². The number of rotatable bonds is 7. The van der Waals surface area contributed by atoms with Gasteiger partial charge < -0.3 is 30.8 Å². The summed E-state index contributed by atoms with van der Waals surface area (Å²) in [5.41, 5.74) is 15.5. The molecule has 0 saturated carbocycles. The number of carbonyl (C=O) groups excluding carboxylic acids is 1. The second-order valence-electron chi connectivity index (χ2n) is 16.0. The van der Waals surface area contributed by atoms with Crippen molar-refractivity contribution in [2.75, 3.05) is 36.0 Å². The predicted octanol–water partition coefficient (Wildman–Crippen LogP) is 6.86. The maximum Gasteiger partial charge on any atom is 0.355 e. The molecule has 1 atom stereocenters. The van der Waals surface area contributed by atoms with E-state index in [9.17, 15) is 19.1 Å². The van der Waals surface area contributed by atoms with Crippen LogP contribution in [-0.4, -0.2) is 85.8 Å². The number of fused-ring (bicyclic) bond motifs is 3. The van der Waals surface area contributed by atoms with Crippen molar-refractivity contribution in [1.82, 2.24) is 49.2 Å². The van der Waals surface area contributed by atoms with E-state index in [4.69, 9.17) is 15.9 Å². The summed E-state index contributed by atoms with van der Waals surface area (Å²) in [7, 11) is 0. The number of hydrogen-bond donors (Lipinski definition) is 3. The summed E-state index contributed by atoms with van der Waals surface area (Å²) in [4.78, 5) is 55.6. The van der Waals surface area contributed by atoms with Gasteiger partial charge >= 0.3 is 5.69 Å². The molecule has 1 amide bonds. The molecule has 1 fully saturated rings. The average molecular weight is 870 g/mol. The number of benzene rings is 2. The summed E-state index contributed by atoms with van der Waals surface area (Å²) in [6, 6.07) is 12.1. The van der Waals surface area contributed by atoms with Crippen molar-refractivity contribution in [1.29, 1.82) is 0 Å². The molecule has 7 heterocycles. The van der Waals surface area contributed by atoms with Crippen molar-refractivity contribution in [3.63, 3.8) is 0 Å². The highest BCUT2D eigenvalue weighted by atomic mass is 19.1. The Morgan fingerprint density at radius 2 is 1.75 bits per heavy atom. The maximum atomic E-state index is 15.8. The quantitative estimate of drug-likeness (QED) is 0.139. The van der Waals surface area contributed by atoms with E-state index >= 15 is 4.39 Å². The number of phenols is 1. The van der Waals surface area contributed by atoms with Gasteiger partial charge in [-0.05, 0) is 87.7 Å². The van der Waals surface area contributed by atoms with Crippen LogP contribution in [0.2, 0.25) is 0 Å². The van der Waals surface area contributed by atoms with Crippen molar-refractivity contribution in [2.24, 2.45) is 0 Å².